The van der Waals surface area contributed by atoms with Crippen LogP contribution in [0.1, 0.15) is 16.2 Å². The van der Waals surface area contributed by atoms with E-state index in [1.807, 2.05) is 16.8 Å². The Morgan fingerprint density at radius 2 is 2.11 bits per heavy atom. The summed E-state index contributed by atoms with van der Waals surface area (Å²) in [6.45, 7) is -0.342. The van der Waals surface area contributed by atoms with Gasteiger partial charge in [-0.15, -0.1) is 0 Å². The van der Waals surface area contributed by atoms with E-state index in [2.05, 4.69) is 15.5 Å². The number of ether oxygens (including phenoxy) is 3. The number of amides is 1. The molecule has 0 atom stereocenters. The van der Waals surface area contributed by atoms with Crippen LogP contribution in [0.5, 0.6) is 11.5 Å². The first-order valence-electron chi connectivity index (χ1n) is 7.87. The number of nitrogens with zero attached hydrogens (tertiary/aromatic N) is 2. The number of esters is 1. The number of benzene rings is 1. The lowest BCUT2D eigenvalue weighted by molar-refractivity contribution is -0.144. The molecule has 10 heteroatoms. The zero-order valence-electron chi connectivity index (χ0n) is 13.8. The summed E-state index contributed by atoms with van der Waals surface area (Å²) in [6, 6.07) is 6.62. The molecule has 3 aromatic rings. The van der Waals surface area contributed by atoms with Gasteiger partial charge in [-0.05, 0) is 29.6 Å². The van der Waals surface area contributed by atoms with Crippen LogP contribution < -0.4 is 14.8 Å². The maximum absolute atomic E-state index is 12.1. The minimum absolute atomic E-state index is 0.122. The van der Waals surface area contributed by atoms with Gasteiger partial charge in [0.05, 0.1) is 0 Å². The van der Waals surface area contributed by atoms with E-state index < -0.39 is 11.9 Å². The Balaban J connectivity index is 1.25. The molecular formula is C17H13N3O6S. The minimum Gasteiger partial charge on any atom is -0.454 e. The average Bonchev–Trinajstić information content (AvgIpc) is 3.44. The third kappa shape index (κ3) is 3.90. The van der Waals surface area contributed by atoms with Gasteiger partial charge in [-0.2, -0.15) is 16.3 Å². The number of hydrogen-bond donors (Lipinski definition) is 1. The molecule has 0 bridgehead atoms. The Morgan fingerprint density at radius 1 is 1.22 bits per heavy atom. The third-order valence-corrected chi connectivity index (χ3v) is 4.32. The van der Waals surface area contributed by atoms with Crippen LogP contribution in [0.2, 0.25) is 0 Å². The lowest BCUT2D eigenvalue weighted by Crippen LogP contribution is -2.30. The minimum atomic E-state index is -0.626. The number of carbonyl (C=O) groups is 2. The predicted octanol–water partition coefficient (Wildman–Crippen LogP) is 2.00. The molecule has 1 aromatic carbocycles. The molecule has 0 fully saturated rings. The van der Waals surface area contributed by atoms with E-state index in [0.717, 1.165) is 5.56 Å². The molecule has 0 radical (unpaired) electrons. The van der Waals surface area contributed by atoms with Crippen LogP contribution in [0.25, 0.3) is 11.4 Å². The average molecular weight is 387 g/mol. The van der Waals surface area contributed by atoms with Crippen LogP contribution >= 0.6 is 11.3 Å². The van der Waals surface area contributed by atoms with Crippen LogP contribution in [-0.4, -0.2) is 35.4 Å². The van der Waals surface area contributed by atoms with Crippen molar-refractivity contribution >= 4 is 23.2 Å². The van der Waals surface area contributed by atoms with Crippen molar-refractivity contribution in [3.05, 3.63) is 46.5 Å². The molecule has 1 amide bonds. The molecule has 0 saturated carbocycles. The maximum Gasteiger partial charge on any atom is 0.325 e. The van der Waals surface area contributed by atoms with E-state index in [9.17, 15) is 9.59 Å². The van der Waals surface area contributed by atoms with E-state index in [1.54, 1.807) is 18.2 Å². The molecule has 4 rings (SSSR count). The highest BCUT2D eigenvalue weighted by Crippen LogP contribution is 2.32. The van der Waals surface area contributed by atoms with Crippen molar-refractivity contribution in [3.63, 3.8) is 0 Å². The van der Waals surface area contributed by atoms with E-state index >= 15 is 0 Å². The van der Waals surface area contributed by atoms with Gasteiger partial charge in [0.1, 0.15) is 6.54 Å². The van der Waals surface area contributed by atoms with Gasteiger partial charge < -0.3 is 24.1 Å². The van der Waals surface area contributed by atoms with E-state index in [1.165, 1.54) is 11.3 Å². The van der Waals surface area contributed by atoms with Crippen LogP contribution in [0, 0.1) is 0 Å². The SMILES string of the molecule is O=C(CNC(=O)c1ccc2c(c1)OCO2)OCc1nc(-c2ccsc2)no1. The first-order valence-corrected chi connectivity index (χ1v) is 8.82. The topological polar surface area (TPSA) is 113 Å². The van der Waals surface area contributed by atoms with E-state index in [0.29, 0.717) is 22.9 Å². The Kier molecular flexibility index (Phi) is 4.71. The number of thiophene rings is 1. The molecule has 3 heterocycles. The first kappa shape index (κ1) is 17.0. The Bertz CT molecular complexity index is 969. The second-order valence-corrected chi connectivity index (χ2v) is 6.22. The lowest BCUT2D eigenvalue weighted by atomic mass is 10.2. The summed E-state index contributed by atoms with van der Waals surface area (Å²) in [5, 5.41) is 10.1. The van der Waals surface area contributed by atoms with Crippen molar-refractivity contribution in [1.29, 1.82) is 0 Å². The normalized spacial score (nSPS) is 12.0. The zero-order chi connectivity index (χ0) is 18.6. The van der Waals surface area contributed by atoms with Crippen molar-refractivity contribution < 1.29 is 28.3 Å². The van der Waals surface area contributed by atoms with E-state index in [4.69, 9.17) is 18.7 Å². The van der Waals surface area contributed by atoms with Gasteiger partial charge in [0.25, 0.3) is 11.8 Å². The molecule has 27 heavy (non-hydrogen) atoms. The van der Waals surface area contributed by atoms with Crippen LogP contribution in [-0.2, 0) is 16.1 Å². The maximum atomic E-state index is 12.1. The van der Waals surface area contributed by atoms with E-state index in [-0.39, 0.29) is 25.8 Å². The summed E-state index contributed by atoms with van der Waals surface area (Å²) < 4.78 is 20.5. The van der Waals surface area contributed by atoms with Crippen LogP contribution in [0.3, 0.4) is 0 Å². The van der Waals surface area contributed by atoms with Gasteiger partial charge in [-0.1, -0.05) is 5.16 Å². The molecule has 2 aromatic heterocycles. The molecule has 0 aliphatic carbocycles. The molecular weight excluding hydrogens is 374 g/mol. The van der Waals surface area contributed by atoms with Gasteiger partial charge >= 0.3 is 5.97 Å². The highest BCUT2D eigenvalue weighted by Gasteiger charge is 2.17. The smallest absolute Gasteiger partial charge is 0.325 e. The molecule has 1 N–H and O–H groups in total. The van der Waals surface area contributed by atoms with Crippen molar-refractivity contribution in [3.8, 4) is 22.9 Å². The van der Waals surface area contributed by atoms with Crippen LogP contribution in [0.15, 0.2) is 39.5 Å². The largest absolute Gasteiger partial charge is 0.454 e. The molecule has 0 unspecified atom stereocenters. The molecule has 9 nitrogen and oxygen atoms in total. The molecule has 0 saturated heterocycles. The number of carbonyl (C=O) groups excluding carboxylic acids is 2. The summed E-state index contributed by atoms with van der Waals surface area (Å²) in [7, 11) is 0. The number of aromatic nitrogens is 2. The monoisotopic (exact) mass is 387 g/mol. The summed E-state index contributed by atoms with van der Waals surface area (Å²) in [4.78, 5) is 28.0. The molecule has 138 valence electrons. The number of fused-ring (bicyclic) bond motifs is 1. The summed E-state index contributed by atoms with van der Waals surface area (Å²) in [6.07, 6.45) is 0. The Morgan fingerprint density at radius 3 is 2.96 bits per heavy atom. The highest BCUT2D eigenvalue weighted by molar-refractivity contribution is 7.08. The molecule has 1 aliphatic heterocycles. The van der Waals surface area contributed by atoms with Gasteiger partial charge in [0, 0.05) is 16.5 Å². The predicted molar refractivity (Wildman–Crippen MR) is 92.3 cm³/mol. The number of nitrogens with one attached hydrogen (secondary N) is 1. The Labute approximate surface area is 156 Å². The number of rotatable bonds is 6. The van der Waals surface area contributed by atoms with Crippen molar-refractivity contribution in [2.75, 3.05) is 13.3 Å². The summed E-state index contributed by atoms with van der Waals surface area (Å²) in [5.74, 6) is 0.614. The summed E-state index contributed by atoms with van der Waals surface area (Å²) >= 11 is 1.51. The first-order chi connectivity index (χ1) is 13.2. The van der Waals surface area contributed by atoms with Crippen molar-refractivity contribution in [2.45, 2.75) is 6.61 Å². The fourth-order valence-electron chi connectivity index (χ4n) is 2.31. The molecule has 1 aliphatic rings. The number of hydrogen-bond acceptors (Lipinski definition) is 9. The zero-order valence-corrected chi connectivity index (χ0v) is 14.7. The fourth-order valence-corrected chi connectivity index (χ4v) is 2.94. The van der Waals surface area contributed by atoms with Crippen molar-refractivity contribution in [2.24, 2.45) is 0 Å². The quantitative estimate of drug-likeness (QED) is 0.639. The van der Waals surface area contributed by atoms with Gasteiger partial charge in [0.15, 0.2) is 18.1 Å². The van der Waals surface area contributed by atoms with Gasteiger partial charge in [-0.3, -0.25) is 9.59 Å². The van der Waals surface area contributed by atoms with Gasteiger partial charge in [0.2, 0.25) is 12.6 Å². The lowest BCUT2D eigenvalue weighted by Gasteiger charge is -2.05. The summed E-state index contributed by atoms with van der Waals surface area (Å²) in [5.41, 5.74) is 1.18. The van der Waals surface area contributed by atoms with Crippen molar-refractivity contribution in [1.82, 2.24) is 15.5 Å². The standard InChI is InChI=1S/C17H13N3O6S/c21-15(23-7-14-19-16(20-26-14)11-3-4-27-8-11)6-18-17(22)10-1-2-12-13(5-10)25-9-24-12/h1-5,8H,6-7,9H2,(H,18,22). The Hall–Kier alpha value is -3.40. The second-order valence-electron chi connectivity index (χ2n) is 5.44. The molecule has 0 spiro atoms. The highest BCUT2D eigenvalue weighted by atomic mass is 32.1. The fraction of sp³-hybridized carbons (Fsp3) is 0.176. The second kappa shape index (κ2) is 7.46. The van der Waals surface area contributed by atoms with Gasteiger partial charge in [-0.25, -0.2) is 0 Å². The third-order valence-electron chi connectivity index (χ3n) is 3.63. The van der Waals surface area contributed by atoms with Crippen LogP contribution in [0.4, 0.5) is 0 Å².